The highest BCUT2D eigenvalue weighted by molar-refractivity contribution is 7.89. The lowest BCUT2D eigenvalue weighted by atomic mass is 10.0. The van der Waals surface area contributed by atoms with Gasteiger partial charge < -0.3 is 0 Å². The van der Waals surface area contributed by atoms with Gasteiger partial charge in [-0.15, -0.1) is 0 Å². The third-order valence-corrected chi connectivity index (χ3v) is 6.45. The van der Waals surface area contributed by atoms with Crippen LogP contribution in [0, 0.1) is 17.7 Å². The van der Waals surface area contributed by atoms with Crippen LogP contribution in [-0.2, 0) is 16.6 Å². The summed E-state index contributed by atoms with van der Waals surface area (Å²) in [7, 11) is -3.07. The number of sulfonamides is 1. The van der Waals surface area contributed by atoms with Crippen molar-refractivity contribution in [2.45, 2.75) is 13.5 Å². The van der Waals surface area contributed by atoms with Crippen molar-refractivity contribution in [2.75, 3.05) is 31.9 Å². The minimum atomic E-state index is -3.07. The van der Waals surface area contributed by atoms with Crippen LogP contribution in [0.5, 0.6) is 0 Å². The van der Waals surface area contributed by atoms with Crippen LogP contribution in [0.15, 0.2) is 24.3 Å². The number of likely N-dealkylation sites (tertiary alicyclic amines) is 1. The minimum absolute atomic E-state index is 0.162. The summed E-state index contributed by atoms with van der Waals surface area (Å²) in [6.07, 6.45) is 0. The van der Waals surface area contributed by atoms with Gasteiger partial charge in [0.05, 0.1) is 5.75 Å². The van der Waals surface area contributed by atoms with E-state index in [9.17, 15) is 12.8 Å². The first-order valence-electron chi connectivity index (χ1n) is 7.43. The molecule has 6 heteroatoms. The number of rotatable bonds is 4. The molecule has 2 heterocycles. The standard InChI is InChI=1S/C15H21FN2O2S/c1-2-21(19,20)18-10-13-8-17(9-14(13)11-18)7-12-5-3-4-6-15(12)16/h3-6,13-14H,2,7-11H2,1H3/t13-,14-/m1/s1. The maximum absolute atomic E-state index is 13.7. The first-order valence-corrected chi connectivity index (χ1v) is 9.04. The highest BCUT2D eigenvalue weighted by Crippen LogP contribution is 2.33. The normalized spacial score (nSPS) is 27.1. The maximum Gasteiger partial charge on any atom is 0.213 e. The van der Waals surface area contributed by atoms with Crippen LogP contribution in [0.3, 0.4) is 0 Å². The van der Waals surface area contributed by atoms with Gasteiger partial charge >= 0.3 is 0 Å². The molecule has 2 saturated heterocycles. The molecule has 0 saturated carbocycles. The number of fused-ring (bicyclic) bond motifs is 1. The Morgan fingerprint density at radius 3 is 2.33 bits per heavy atom. The van der Waals surface area contributed by atoms with E-state index < -0.39 is 10.0 Å². The summed E-state index contributed by atoms with van der Waals surface area (Å²) in [6, 6.07) is 6.86. The van der Waals surface area contributed by atoms with Gasteiger partial charge in [0, 0.05) is 38.3 Å². The van der Waals surface area contributed by atoms with Crippen molar-refractivity contribution >= 4 is 10.0 Å². The fraction of sp³-hybridized carbons (Fsp3) is 0.600. The van der Waals surface area contributed by atoms with Gasteiger partial charge in [0.25, 0.3) is 0 Å². The quantitative estimate of drug-likeness (QED) is 0.847. The van der Waals surface area contributed by atoms with Gasteiger partial charge in [-0.1, -0.05) is 18.2 Å². The van der Waals surface area contributed by atoms with E-state index in [1.165, 1.54) is 6.07 Å². The van der Waals surface area contributed by atoms with Crippen molar-refractivity contribution in [2.24, 2.45) is 11.8 Å². The fourth-order valence-electron chi connectivity index (χ4n) is 3.45. The van der Waals surface area contributed by atoms with Gasteiger partial charge in [0.2, 0.25) is 10.0 Å². The van der Waals surface area contributed by atoms with Crippen LogP contribution in [0.4, 0.5) is 4.39 Å². The van der Waals surface area contributed by atoms with Crippen LogP contribution < -0.4 is 0 Å². The van der Waals surface area contributed by atoms with E-state index in [4.69, 9.17) is 0 Å². The fourth-order valence-corrected chi connectivity index (χ4v) is 4.66. The number of nitrogens with zero attached hydrogens (tertiary/aromatic N) is 2. The summed E-state index contributed by atoms with van der Waals surface area (Å²) in [5.41, 5.74) is 0.718. The smallest absolute Gasteiger partial charge is 0.213 e. The molecule has 1 aromatic carbocycles. The lowest BCUT2D eigenvalue weighted by Crippen LogP contribution is -2.34. The Balaban J connectivity index is 1.61. The number of benzene rings is 1. The Bertz CT molecular complexity index is 606. The first kappa shape index (κ1) is 14.9. The summed E-state index contributed by atoms with van der Waals surface area (Å²) in [5.74, 6) is 0.784. The summed E-state index contributed by atoms with van der Waals surface area (Å²) in [4.78, 5) is 2.24. The van der Waals surface area contributed by atoms with Crippen LogP contribution in [0.25, 0.3) is 0 Å². The third kappa shape index (κ3) is 2.98. The largest absolute Gasteiger partial charge is 0.298 e. The lowest BCUT2D eigenvalue weighted by molar-refractivity contribution is 0.286. The van der Waals surface area contributed by atoms with E-state index in [1.807, 2.05) is 12.1 Å². The summed E-state index contributed by atoms with van der Waals surface area (Å²) >= 11 is 0. The van der Waals surface area contributed by atoms with E-state index in [0.29, 0.717) is 31.5 Å². The van der Waals surface area contributed by atoms with Gasteiger partial charge in [0.15, 0.2) is 0 Å². The molecule has 3 rings (SSSR count). The zero-order chi connectivity index (χ0) is 15.0. The molecule has 4 nitrogen and oxygen atoms in total. The van der Waals surface area contributed by atoms with Gasteiger partial charge in [-0.25, -0.2) is 17.1 Å². The molecule has 0 unspecified atom stereocenters. The van der Waals surface area contributed by atoms with Gasteiger partial charge in [-0.2, -0.15) is 0 Å². The van der Waals surface area contributed by atoms with Crippen LogP contribution in [-0.4, -0.2) is 49.6 Å². The predicted molar refractivity (Wildman–Crippen MR) is 79.7 cm³/mol. The Hall–Kier alpha value is -0.980. The van der Waals surface area contributed by atoms with Crippen molar-refractivity contribution in [1.82, 2.24) is 9.21 Å². The molecule has 0 spiro atoms. The molecule has 21 heavy (non-hydrogen) atoms. The second-order valence-electron chi connectivity index (χ2n) is 6.02. The van der Waals surface area contributed by atoms with Crippen LogP contribution >= 0.6 is 0 Å². The average molecular weight is 312 g/mol. The molecular formula is C15H21FN2O2S. The summed E-state index contributed by atoms with van der Waals surface area (Å²) in [5, 5.41) is 0. The zero-order valence-corrected chi connectivity index (χ0v) is 13.0. The predicted octanol–water partition coefficient (Wildman–Crippen LogP) is 1.54. The average Bonchev–Trinajstić information content (AvgIpc) is 3.00. The molecule has 2 aliphatic heterocycles. The molecule has 2 fully saturated rings. The van der Waals surface area contributed by atoms with E-state index >= 15 is 0 Å². The van der Waals surface area contributed by atoms with E-state index in [-0.39, 0.29) is 11.6 Å². The number of halogens is 1. The second-order valence-corrected chi connectivity index (χ2v) is 8.28. The molecular weight excluding hydrogens is 291 g/mol. The summed E-state index contributed by atoms with van der Waals surface area (Å²) < 4.78 is 39.1. The molecule has 0 amide bonds. The molecule has 2 atom stereocenters. The van der Waals surface area contributed by atoms with Gasteiger partial charge in [-0.05, 0) is 24.8 Å². The highest BCUT2D eigenvalue weighted by Gasteiger charge is 2.43. The van der Waals surface area contributed by atoms with Crippen molar-refractivity contribution in [1.29, 1.82) is 0 Å². The van der Waals surface area contributed by atoms with Crippen LogP contribution in [0.1, 0.15) is 12.5 Å². The topological polar surface area (TPSA) is 40.6 Å². The molecule has 0 bridgehead atoms. The lowest BCUT2D eigenvalue weighted by Gasteiger charge is -2.21. The Kier molecular flexibility index (Phi) is 4.03. The van der Waals surface area contributed by atoms with E-state index in [1.54, 1.807) is 17.3 Å². The van der Waals surface area contributed by atoms with Gasteiger partial charge in [-0.3, -0.25) is 4.90 Å². The molecule has 116 valence electrons. The Morgan fingerprint density at radius 2 is 1.76 bits per heavy atom. The second kappa shape index (κ2) is 5.66. The molecule has 0 aliphatic carbocycles. The summed E-state index contributed by atoms with van der Waals surface area (Å²) in [6.45, 7) is 5.25. The molecule has 0 N–H and O–H groups in total. The Morgan fingerprint density at radius 1 is 1.14 bits per heavy atom. The van der Waals surface area contributed by atoms with E-state index in [0.717, 1.165) is 18.7 Å². The van der Waals surface area contributed by atoms with Crippen molar-refractivity contribution in [3.8, 4) is 0 Å². The Labute approximate surface area is 125 Å². The van der Waals surface area contributed by atoms with Crippen molar-refractivity contribution in [3.05, 3.63) is 35.6 Å². The molecule has 0 aromatic heterocycles. The van der Waals surface area contributed by atoms with Crippen LogP contribution in [0.2, 0.25) is 0 Å². The zero-order valence-electron chi connectivity index (χ0n) is 12.2. The maximum atomic E-state index is 13.7. The minimum Gasteiger partial charge on any atom is -0.298 e. The first-order chi connectivity index (χ1) is 9.99. The molecule has 1 aromatic rings. The molecule has 2 aliphatic rings. The molecule has 0 radical (unpaired) electrons. The van der Waals surface area contributed by atoms with Gasteiger partial charge in [0.1, 0.15) is 5.82 Å². The SMILES string of the molecule is CCS(=O)(=O)N1C[C@H]2CN(Cc3ccccc3F)C[C@@H]2C1. The monoisotopic (exact) mass is 312 g/mol. The number of hydrogen-bond donors (Lipinski definition) is 0. The number of hydrogen-bond acceptors (Lipinski definition) is 3. The van der Waals surface area contributed by atoms with E-state index in [2.05, 4.69) is 4.90 Å². The van der Waals surface area contributed by atoms with Crippen molar-refractivity contribution < 1.29 is 12.8 Å². The third-order valence-electron chi connectivity index (χ3n) is 4.64. The van der Waals surface area contributed by atoms with Crippen molar-refractivity contribution in [3.63, 3.8) is 0 Å². The highest BCUT2D eigenvalue weighted by atomic mass is 32.2.